The van der Waals surface area contributed by atoms with Crippen molar-refractivity contribution in [1.29, 1.82) is 0 Å². The molecule has 1 aliphatic rings. The highest BCUT2D eigenvalue weighted by molar-refractivity contribution is 5.92. The summed E-state index contributed by atoms with van der Waals surface area (Å²) in [7, 11) is 0. The third kappa shape index (κ3) is 3.10. The fourth-order valence-electron chi connectivity index (χ4n) is 2.55. The average Bonchev–Trinajstić information content (AvgIpc) is 2.76. The van der Waals surface area contributed by atoms with Crippen LogP contribution in [0.2, 0.25) is 0 Å². The van der Waals surface area contributed by atoms with Gasteiger partial charge in [-0.1, -0.05) is 18.0 Å². The number of rotatable bonds is 3. The highest BCUT2D eigenvalue weighted by atomic mass is 16.5. The van der Waals surface area contributed by atoms with E-state index in [9.17, 15) is 9.90 Å². The Kier molecular flexibility index (Phi) is 4.36. The number of aromatic nitrogens is 1. The number of nitrogens with zero attached hydrogens (tertiary/aromatic N) is 2. The van der Waals surface area contributed by atoms with Gasteiger partial charge in [0, 0.05) is 18.7 Å². The third-order valence-electron chi connectivity index (χ3n) is 3.41. The van der Waals surface area contributed by atoms with E-state index in [2.05, 4.69) is 5.16 Å². The zero-order valence-electron chi connectivity index (χ0n) is 10.7. The second-order valence-electron chi connectivity index (χ2n) is 4.97. The van der Waals surface area contributed by atoms with Crippen LogP contribution in [-0.4, -0.2) is 39.8 Å². The summed E-state index contributed by atoms with van der Waals surface area (Å²) in [5.41, 5.74) is 0.354. The molecular formula is C13H20N2O3. The maximum Gasteiger partial charge on any atom is 0.276 e. The first-order valence-corrected chi connectivity index (χ1v) is 6.58. The molecule has 1 fully saturated rings. The Morgan fingerprint density at radius 3 is 3.11 bits per heavy atom. The summed E-state index contributed by atoms with van der Waals surface area (Å²) in [5.74, 6) is -0.0868. The lowest BCUT2D eigenvalue weighted by Crippen LogP contribution is -2.41. The summed E-state index contributed by atoms with van der Waals surface area (Å²) in [4.78, 5) is 14.2. The molecule has 2 heterocycles. The molecule has 2 atom stereocenters. The molecule has 0 saturated carbocycles. The molecule has 5 heteroatoms. The highest BCUT2D eigenvalue weighted by Gasteiger charge is 2.28. The number of carbonyl (C=O) groups excluding carboxylic acids is 1. The van der Waals surface area contributed by atoms with E-state index in [1.807, 2.05) is 4.90 Å². The normalized spacial score (nSPS) is 22.6. The Hall–Kier alpha value is -1.36. The predicted molar refractivity (Wildman–Crippen MR) is 66.1 cm³/mol. The quantitative estimate of drug-likeness (QED) is 0.891. The van der Waals surface area contributed by atoms with Gasteiger partial charge in [-0.05, 0) is 26.2 Å². The van der Waals surface area contributed by atoms with Crippen LogP contribution in [-0.2, 0) is 0 Å². The van der Waals surface area contributed by atoms with Crippen LogP contribution in [0.4, 0.5) is 0 Å². The van der Waals surface area contributed by atoms with Crippen molar-refractivity contribution < 1.29 is 14.4 Å². The fraction of sp³-hybridized carbons (Fsp3) is 0.692. The van der Waals surface area contributed by atoms with E-state index in [-0.39, 0.29) is 18.1 Å². The zero-order valence-corrected chi connectivity index (χ0v) is 10.7. The highest BCUT2D eigenvalue weighted by Crippen LogP contribution is 2.22. The van der Waals surface area contributed by atoms with Gasteiger partial charge in [0.1, 0.15) is 6.26 Å². The summed E-state index contributed by atoms with van der Waals surface area (Å²) in [6.45, 7) is 2.51. The Morgan fingerprint density at radius 1 is 1.61 bits per heavy atom. The van der Waals surface area contributed by atoms with Crippen molar-refractivity contribution in [3.8, 4) is 0 Å². The zero-order chi connectivity index (χ0) is 13.0. The van der Waals surface area contributed by atoms with E-state index in [0.717, 1.165) is 32.2 Å². The monoisotopic (exact) mass is 252 g/mol. The van der Waals surface area contributed by atoms with Crippen LogP contribution in [0, 0.1) is 0 Å². The number of hydrogen-bond acceptors (Lipinski definition) is 4. The van der Waals surface area contributed by atoms with Crippen molar-refractivity contribution in [1.82, 2.24) is 10.1 Å². The van der Waals surface area contributed by atoms with Gasteiger partial charge >= 0.3 is 0 Å². The minimum Gasteiger partial charge on any atom is -0.393 e. The van der Waals surface area contributed by atoms with Gasteiger partial charge in [0.2, 0.25) is 0 Å². The predicted octanol–water partition coefficient (Wildman–Crippen LogP) is 1.83. The maximum atomic E-state index is 12.3. The van der Waals surface area contributed by atoms with Crippen molar-refractivity contribution in [2.45, 2.75) is 51.2 Å². The number of amides is 1. The Labute approximate surface area is 107 Å². The maximum absolute atomic E-state index is 12.3. The van der Waals surface area contributed by atoms with Crippen LogP contribution in [0.5, 0.6) is 0 Å². The van der Waals surface area contributed by atoms with Gasteiger partial charge < -0.3 is 14.5 Å². The molecule has 0 bridgehead atoms. The molecule has 2 unspecified atom stereocenters. The van der Waals surface area contributed by atoms with Gasteiger partial charge in [0.25, 0.3) is 5.91 Å². The lowest BCUT2D eigenvalue weighted by Gasteiger charge is -2.30. The molecule has 0 spiro atoms. The lowest BCUT2D eigenvalue weighted by molar-refractivity contribution is 0.0597. The van der Waals surface area contributed by atoms with Crippen LogP contribution >= 0.6 is 0 Å². The number of aliphatic hydroxyl groups is 1. The second kappa shape index (κ2) is 6.00. The number of hydrogen-bond donors (Lipinski definition) is 1. The van der Waals surface area contributed by atoms with Crippen molar-refractivity contribution in [2.24, 2.45) is 0 Å². The molecule has 1 aromatic heterocycles. The molecule has 1 aromatic rings. The Balaban J connectivity index is 2.12. The standard InChI is InChI=1S/C13H20N2O3/c1-10(16)9-11-5-3-2-4-7-15(11)13(17)12-6-8-18-14-12/h6,8,10-11,16H,2-5,7,9H2,1H3. The topological polar surface area (TPSA) is 66.6 Å². The molecule has 100 valence electrons. The van der Waals surface area contributed by atoms with E-state index in [4.69, 9.17) is 4.52 Å². The first kappa shape index (κ1) is 13.1. The van der Waals surface area contributed by atoms with Crippen molar-refractivity contribution in [3.05, 3.63) is 18.0 Å². The van der Waals surface area contributed by atoms with E-state index in [0.29, 0.717) is 12.1 Å². The average molecular weight is 252 g/mol. The molecule has 0 aliphatic carbocycles. The minimum atomic E-state index is -0.388. The molecule has 0 aromatic carbocycles. The van der Waals surface area contributed by atoms with Crippen LogP contribution in [0.1, 0.15) is 49.5 Å². The van der Waals surface area contributed by atoms with Gasteiger partial charge in [-0.15, -0.1) is 0 Å². The molecule has 1 saturated heterocycles. The van der Waals surface area contributed by atoms with Gasteiger partial charge in [-0.25, -0.2) is 0 Å². The summed E-state index contributed by atoms with van der Waals surface area (Å²) >= 11 is 0. The van der Waals surface area contributed by atoms with E-state index in [1.54, 1.807) is 13.0 Å². The van der Waals surface area contributed by atoms with Crippen molar-refractivity contribution in [2.75, 3.05) is 6.54 Å². The van der Waals surface area contributed by atoms with E-state index >= 15 is 0 Å². The van der Waals surface area contributed by atoms with Gasteiger partial charge in [-0.2, -0.15) is 0 Å². The van der Waals surface area contributed by atoms with Gasteiger partial charge in [0.15, 0.2) is 5.69 Å². The summed E-state index contributed by atoms with van der Waals surface area (Å²) < 4.78 is 4.73. The Bertz CT molecular complexity index is 376. The van der Waals surface area contributed by atoms with Gasteiger partial charge in [0.05, 0.1) is 6.10 Å². The first-order chi connectivity index (χ1) is 8.68. The van der Waals surface area contributed by atoms with Crippen molar-refractivity contribution in [3.63, 3.8) is 0 Å². The van der Waals surface area contributed by atoms with Crippen LogP contribution in [0.3, 0.4) is 0 Å². The molecule has 18 heavy (non-hydrogen) atoms. The second-order valence-corrected chi connectivity index (χ2v) is 4.97. The molecule has 1 aliphatic heterocycles. The van der Waals surface area contributed by atoms with Crippen molar-refractivity contribution >= 4 is 5.91 Å². The lowest BCUT2D eigenvalue weighted by atomic mass is 10.0. The summed E-state index contributed by atoms with van der Waals surface area (Å²) in [6, 6.07) is 1.70. The van der Waals surface area contributed by atoms with E-state index in [1.165, 1.54) is 6.26 Å². The number of carbonyl (C=O) groups is 1. The molecule has 1 N–H and O–H groups in total. The van der Waals surface area contributed by atoms with Crippen LogP contribution in [0.25, 0.3) is 0 Å². The Morgan fingerprint density at radius 2 is 2.44 bits per heavy atom. The fourth-order valence-corrected chi connectivity index (χ4v) is 2.55. The number of likely N-dealkylation sites (tertiary alicyclic amines) is 1. The molecule has 1 amide bonds. The smallest absolute Gasteiger partial charge is 0.276 e. The van der Waals surface area contributed by atoms with Gasteiger partial charge in [-0.3, -0.25) is 4.79 Å². The SMILES string of the molecule is CC(O)CC1CCCCCN1C(=O)c1ccon1. The minimum absolute atomic E-state index is 0.0868. The molecular weight excluding hydrogens is 232 g/mol. The molecule has 0 radical (unpaired) electrons. The van der Waals surface area contributed by atoms with E-state index < -0.39 is 0 Å². The summed E-state index contributed by atoms with van der Waals surface area (Å²) in [6.07, 6.45) is 5.87. The van der Waals surface area contributed by atoms with Crippen LogP contribution in [0.15, 0.2) is 16.9 Å². The molecule has 5 nitrogen and oxygen atoms in total. The first-order valence-electron chi connectivity index (χ1n) is 6.58. The third-order valence-corrected chi connectivity index (χ3v) is 3.41. The molecule has 2 rings (SSSR count). The largest absolute Gasteiger partial charge is 0.393 e. The van der Waals surface area contributed by atoms with Crippen LogP contribution < -0.4 is 0 Å². The number of aliphatic hydroxyl groups excluding tert-OH is 1. The summed E-state index contributed by atoms with van der Waals surface area (Å²) in [5, 5.41) is 13.3.